The van der Waals surface area contributed by atoms with Gasteiger partial charge in [0.2, 0.25) is 0 Å². The smallest absolute Gasteiger partial charge is 0.295 e. The molecule has 1 amide bonds. The second-order valence-corrected chi connectivity index (χ2v) is 8.08. The minimum absolute atomic E-state index is 0.0126. The number of Topliss-reactive ketones (excluding diaryl/α,β-unsaturated/α-hetero) is 1. The highest BCUT2D eigenvalue weighted by Crippen LogP contribution is 2.44. The molecular formula is C25H30N2O6. The lowest BCUT2D eigenvalue weighted by Gasteiger charge is -2.28. The first-order valence-corrected chi connectivity index (χ1v) is 10.5. The number of nitrogens with zero attached hydrogens (tertiary/aromatic N) is 2. The topological polar surface area (TPSA) is 88.5 Å². The number of aliphatic hydroxyl groups is 1. The Bertz CT molecular complexity index is 1090. The fraction of sp³-hybridized carbons (Fsp3) is 0.360. The summed E-state index contributed by atoms with van der Waals surface area (Å²) in [4.78, 5) is 29.7. The summed E-state index contributed by atoms with van der Waals surface area (Å²) in [6, 6.07) is 9.49. The number of aliphatic hydroxyl groups excluding tert-OH is 1. The molecule has 8 nitrogen and oxygen atoms in total. The SMILES string of the molecule is COc1ccc(C(O)=C2C(=O)C(=O)N(CCN(C)C)[C@@H]2c2cc(OC)ccc2OC)c(C)c1. The molecule has 0 unspecified atom stereocenters. The van der Waals surface area contributed by atoms with Crippen LogP contribution >= 0.6 is 0 Å². The average molecular weight is 455 g/mol. The highest BCUT2D eigenvalue weighted by Gasteiger charge is 2.47. The Hall–Kier alpha value is -3.52. The van der Waals surface area contributed by atoms with E-state index in [4.69, 9.17) is 14.2 Å². The fourth-order valence-corrected chi connectivity index (χ4v) is 3.97. The van der Waals surface area contributed by atoms with Crippen LogP contribution in [0.2, 0.25) is 0 Å². The molecule has 176 valence electrons. The monoisotopic (exact) mass is 454 g/mol. The van der Waals surface area contributed by atoms with Crippen molar-refractivity contribution in [1.82, 2.24) is 9.80 Å². The Labute approximate surface area is 194 Å². The third-order valence-electron chi connectivity index (χ3n) is 5.75. The molecule has 0 aliphatic carbocycles. The van der Waals surface area contributed by atoms with Gasteiger partial charge in [-0.25, -0.2) is 0 Å². The van der Waals surface area contributed by atoms with Crippen LogP contribution in [0.5, 0.6) is 17.2 Å². The molecule has 0 saturated carbocycles. The van der Waals surface area contributed by atoms with Gasteiger partial charge in [-0.2, -0.15) is 0 Å². The van der Waals surface area contributed by atoms with Gasteiger partial charge in [0.25, 0.3) is 11.7 Å². The predicted molar refractivity (Wildman–Crippen MR) is 125 cm³/mol. The van der Waals surface area contributed by atoms with E-state index in [1.807, 2.05) is 19.0 Å². The number of benzene rings is 2. The van der Waals surface area contributed by atoms with Gasteiger partial charge in [0.1, 0.15) is 23.0 Å². The molecule has 2 aromatic rings. The van der Waals surface area contributed by atoms with E-state index in [0.29, 0.717) is 47.0 Å². The Balaban J connectivity index is 2.26. The molecule has 0 spiro atoms. The van der Waals surface area contributed by atoms with Gasteiger partial charge in [-0.1, -0.05) is 0 Å². The van der Waals surface area contributed by atoms with Crippen LogP contribution in [0.1, 0.15) is 22.7 Å². The number of likely N-dealkylation sites (tertiary alicyclic amines) is 1. The van der Waals surface area contributed by atoms with Crippen LogP contribution in [0.15, 0.2) is 42.0 Å². The molecule has 0 radical (unpaired) electrons. The van der Waals surface area contributed by atoms with Crippen molar-refractivity contribution in [2.24, 2.45) is 0 Å². The third kappa shape index (κ3) is 4.66. The zero-order valence-corrected chi connectivity index (χ0v) is 19.8. The first-order chi connectivity index (χ1) is 15.7. The van der Waals surface area contributed by atoms with E-state index in [9.17, 15) is 14.7 Å². The van der Waals surface area contributed by atoms with Crippen LogP contribution in [-0.4, -0.2) is 75.1 Å². The second kappa shape index (κ2) is 9.95. The van der Waals surface area contributed by atoms with E-state index in [2.05, 4.69) is 0 Å². The molecule has 1 N–H and O–H groups in total. The second-order valence-electron chi connectivity index (χ2n) is 8.08. The quantitative estimate of drug-likeness (QED) is 0.373. The summed E-state index contributed by atoms with van der Waals surface area (Å²) in [6.45, 7) is 2.64. The lowest BCUT2D eigenvalue weighted by Crippen LogP contribution is -2.35. The molecule has 3 rings (SSSR count). The minimum Gasteiger partial charge on any atom is -0.507 e. The van der Waals surface area contributed by atoms with Crippen molar-refractivity contribution in [2.75, 3.05) is 48.5 Å². The molecule has 1 fully saturated rings. The Morgan fingerprint density at radius 1 is 1.00 bits per heavy atom. The fourth-order valence-electron chi connectivity index (χ4n) is 3.97. The number of amides is 1. The number of aryl methyl sites for hydroxylation is 1. The molecule has 8 heteroatoms. The van der Waals surface area contributed by atoms with E-state index in [1.54, 1.807) is 50.4 Å². The zero-order chi connectivity index (χ0) is 24.3. The van der Waals surface area contributed by atoms with Crippen molar-refractivity contribution < 1.29 is 28.9 Å². The molecule has 1 saturated heterocycles. The lowest BCUT2D eigenvalue weighted by atomic mass is 9.93. The number of carbonyl (C=O) groups excluding carboxylic acids is 2. The van der Waals surface area contributed by atoms with Crippen molar-refractivity contribution >= 4 is 17.4 Å². The van der Waals surface area contributed by atoms with Gasteiger partial charge in [-0.3, -0.25) is 9.59 Å². The summed E-state index contributed by atoms with van der Waals surface area (Å²) >= 11 is 0. The number of carbonyl (C=O) groups is 2. The molecule has 1 aliphatic heterocycles. The van der Waals surface area contributed by atoms with Crippen LogP contribution in [0.4, 0.5) is 0 Å². The number of rotatable bonds is 8. The van der Waals surface area contributed by atoms with Crippen LogP contribution < -0.4 is 14.2 Å². The summed E-state index contributed by atoms with van der Waals surface area (Å²) in [5.41, 5.74) is 1.73. The van der Waals surface area contributed by atoms with Gasteiger partial charge in [0, 0.05) is 24.2 Å². The van der Waals surface area contributed by atoms with Crippen LogP contribution in [0.3, 0.4) is 0 Å². The normalized spacial score (nSPS) is 17.5. The summed E-state index contributed by atoms with van der Waals surface area (Å²) in [5.74, 6) is 0.00699. The molecule has 0 aromatic heterocycles. The Morgan fingerprint density at radius 3 is 2.21 bits per heavy atom. The molecule has 1 atom stereocenters. The van der Waals surface area contributed by atoms with E-state index >= 15 is 0 Å². The van der Waals surface area contributed by atoms with Crippen molar-refractivity contribution in [3.63, 3.8) is 0 Å². The first kappa shape index (κ1) is 24.1. The van der Waals surface area contributed by atoms with E-state index in [1.165, 1.54) is 19.1 Å². The van der Waals surface area contributed by atoms with Gasteiger partial charge >= 0.3 is 0 Å². The standard InChI is InChI=1S/C25H30N2O6/c1-15-13-16(31-4)7-9-18(15)23(28)21-22(19-14-17(32-5)8-10-20(19)33-6)27(12-11-26(2)3)25(30)24(21)29/h7-10,13-14,22,28H,11-12H2,1-6H3/t22-/m1/s1. The Kier molecular flexibility index (Phi) is 7.28. The summed E-state index contributed by atoms with van der Waals surface area (Å²) in [7, 11) is 8.39. The van der Waals surface area contributed by atoms with Crippen molar-refractivity contribution in [3.8, 4) is 17.2 Å². The summed E-state index contributed by atoms with van der Waals surface area (Å²) in [5, 5.41) is 11.3. The first-order valence-electron chi connectivity index (χ1n) is 10.5. The van der Waals surface area contributed by atoms with Gasteiger partial charge < -0.3 is 29.1 Å². The highest BCUT2D eigenvalue weighted by atomic mass is 16.5. The van der Waals surface area contributed by atoms with Crippen molar-refractivity contribution in [2.45, 2.75) is 13.0 Å². The highest BCUT2D eigenvalue weighted by molar-refractivity contribution is 6.46. The number of hydrogen-bond donors (Lipinski definition) is 1. The van der Waals surface area contributed by atoms with E-state index < -0.39 is 17.7 Å². The van der Waals surface area contributed by atoms with E-state index in [-0.39, 0.29) is 11.3 Å². The van der Waals surface area contributed by atoms with E-state index in [0.717, 1.165) is 0 Å². The molecular weight excluding hydrogens is 424 g/mol. The Morgan fingerprint density at radius 2 is 1.64 bits per heavy atom. The molecule has 33 heavy (non-hydrogen) atoms. The largest absolute Gasteiger partial charge is 0.507 e. The molecule has 1 aliphatic rings. The molecule has 2 aromatic carbocycles. The zero-order valence-electron chi connectivity index (χ0n) is 19.8. The molecule has 0 bridgehead atoms. The number of ether oxygens (including phenoxy) is 3. The number of hydrogen-bond acceptors (Lipinski definition) is 7. The van der Waals surface area contributed by atoms with Gasteiger partial charge in [-0.05, 0) is 63.0 Å². The maximum atomic E-state index is 13.2. The maximum Gasteiger partial charge on any atom is 0.295 e. The van der Waals surface area contributed by atoms with Crippen molar-refractivity contribution in [3.05, 3.63) is 58.7 Å². The average Bonchev–Trinajstić information content (AvgIpc) is 3.06. The van der Waals surface area contributed by atoms with Crippen LogP contribution in [0.25, 0.3) is 5.76 Å². The van der Waals surface area contributed by atoms with Gasteiger partial charge in [0.05, 0.1) is 32.9 Å². The maximum absolute atomic E-state index is 13.2. The lowest BCUT2D eigenvalue weighted by molar-refractivity contribution is -0.140. The van der Waals surface area contributed by atoms with Gasteiger partial charge in [0.15, 0.2) is 0 Å². The number of likely N-dealkylation sites (N-methyl/N-ethyl adjacent to an activating group) is 1. The number of methoxy groups -OCH3 is 3. The third-order valence-corrected chi connectivity index (χ3v) is 5.75. The number of ketones is 1. The van der Waals surface area contributed by atoms with Crippen LogP contribution in [-0.2, 0) is 9.59 Å². The van der Waals surface area contributed by atoms with Crippen LogP contribution in [0, 0.1) is 6.92 Å². The minimum atomic E-state index is -0.837. The van der Waals surface area contributed by atoms with Crippen molar-refractivity contribution in [1.29, 1.82) is 0 Å². The van der Waals surface area contributed by atoms with Gasteiger partial charge in [-0.15, -0.1) is 0 Å². The molecule has 1 heterocycles. The predicted octanol–water partition coefficient (Wildman–Crippen LogP) is 3.00. The summed E-state index contributed by atoms with van der Waals surface area (Å²) < 4.78 is 16.2. The summed E-state index contributed by atoms with van der Waals surface area (Å²) in [6.07, 6.45) is 0.